The largest absolute Gasteiger partial charge is 0.497 e. The number of alkyl halides is 3. The zero-order valence-electron chi connectivity index (χ0n) is 15.7. The predicted molar refractivity (Wildman–Crippen MR) is 111 cm³/mol. The van der Waals surface area contributed by atoms with Crippen molar-refractivity contribution in [2.75, 3.05) is 12.4 Å². The fourth-order valence-electron chi connectivity index (χ4n) is 3.55. The van der Waals surface area contributed by atoms with Crippen molar-refractivity contribution in [2.24, 2.45) is 0 Å². The first-order chi connectivity index (χ1) is 14.1. The van der Waals surface area contributed by atoms with E-state index in [0.29, 0.717) is 17.7 Å². The molecule has 1 aliphatic rings. The summed E-state index contributed by atoms with van der Waals surface area (Å²) in [5.41, 5.74) is 1.55. The Morgan fingerprint density at radius 3 is 2.59 bits per heavy atom. The van der Waals surface area contributed by atoms with Crippen molar-refractivity contribution in [3.63, 3.8) is 0 Å². The van der Waals surface area contributed by atoms with Crippen molar-refractivity contribution in [3.8, 4) is 23.1 Å². The van der Waals surface area contributed by atoms with Crippen LogP contribution in [0.25, 0.3) is 11.3 Å². The summed E-state index contributed by atoms with van der Waals surface area (Å²) in [6, 6.07) is 17.0. The second-order valence-electron chi connectivity index (χ2n) is 6.42. The minimum atomic E-state index is -1.49. The molecule has 0 fully saturated rings. The average molecular weight is 433 g/mol. The number of aryl methyl sites for hydroxylation is 1. The highest BCUT2D eigenvalue weighted by molar-refractivity contribution is 6.40. The molecule has 0 unspecified atom stereocenters. The predicted octanol–water partition coefficient (Wildman–Crippen LogP) is 4.93. The number of nitrogens with zero attached hydrogens (tertiary/aromatic N) is 4. The molecule has 0 saturated heterocycles. The van der Waals surface area contributed by atoms with Crippen LogP contribution in [-0.2, 0) is 12.0 Å². The highest BCUT2D eigenvalue weighted by Crippen LogP contribution is 2.40. The first kappa shape index (κ1) is 21.1. The van der Waals surface area contributed by atoms with Crippen molar-refractivity contribution in [1.82, 2.24) is 15.0 Å². The normalized spacial score (nSPS) is 20.0. The molecule has 150 valence electrons. The Balaban J connectivity index is 0.000000755. The molecule has 0 spiro atoms. The standard InChI is InChI=1S/C20H17FN4O.CH2Cl2/c1-26-16-9-6-15(7-10-16)18-12-25(24-23-18)20(13-22)17-5-3-2-4-14(17)8-11-19(20)21;2-1-3/h2-7,9-10,12,19H,8,11H2,1H3;1H2/t19-,20-;/m0./s1. The third-order valence-corrected chi connectivity index (χ3v) is 4.96. The smallest absolute Gasteiger partial charge is 0.206 e. The quantitative estimate of drug-likeness (QED) is 0.550. The van der Waals surface area contributed by atoms with Gasteiger partial charge in [0.05, 0.1) is 18.6 Å². The van der Waals surface area contributed by atoms with Crippen molar-refractivity contribution < 1.29 is 9.13 Å². The number of fused-ring (bicyclic) bond motifs is 1. The van der Waals surface area contributed by atoms with Gasteiger partial charge in [-0.25, -0.2) is 9.07 Å². The van der Waals surface area contributed by atoms with Crippen LogP contribution in [0.4, 0.5) is 4.39 Å². The van der Waals surface area contributed by atoms with Gasteiger partial charge in [-0.15, -0.1) is 28.3 Å². The van der Waals surface area contributed by atoms with E-state index in [9.17, 15) is 5.26 Å². The number of hydrogen-bond acceptors (Lipinski definition) is 4. The summed E-state index contributed by atoms with van der Waals surface area (Å²) in [7, 11) is 1.60. The maximum Gasteiger partial charge on any atom is 0.206 e. The van der Waals surface area contributed by atoms with Gasteiger partial charge in [0.2, 0.25) is 5.54 Å². The molecule has 1 aliphatic carbocycles. The van der Waals surface area contributed by atoms with E-state index in [2.05, 4.69) is 16.4 Å². The summed E-state index contributed by atoms with van der Waals surface area (Å²) >= 11 is 9.53. The summed E-state index contributed by atoms with van der Waals surface area (Å²) in [5.74, 6) is 0.736. The van der Waals surface area contributed by atoms with Crippen LogP contribution < -0.4 is 4.74 Å². The van der Waals surface area contributed by atoms with Crippen LogP contribution >= 0.6 is 23.2 Å². The SMILES string of the molecule is COc1ccc(-c2cn([C@@]3(C#N)c4ccccc4CC[C@@H]3F)nn2)cc1.ClCCl. The number of rotatable bonds is 3. The highest BCUT2D eigenvalue weighted by atomic mass is 35.5. The van der Waals surface area contributed by atoms with E-state index in [0.717, 1.165) is 16.9 Å². The van der Waals surface area contributed by atoms with Gasteiger partial charge in [0, 0.05) is 11.1 Å². The highest BCUT2D eigenvalue weighted by Gasteiger charge is 2.48. The van der Waals surface area contributed by atoms with Crippen LogP contribution in [0.1, 0.15) is 17.5 Å². The first-order valence-corrected chi connectivity index (χ1v) is 10.0. The monoisotopic (exact) mass is 432 g/mol. The Morgan fingerprint density at radius 2 is 1.93 bits per heavy atom. The molecule has 0 aliphatic heterocycles. The molecule has 0 amide bonds. The Labute approximate surface area is 178 Å². The lowest BCUT2D eigenvalue weighted by atomic mass is 9.76. The molecular weight excluding hydrogens is 414 g/mol. The molecule has 2 atom stereocenters. The molecule has 8 heteroatoms. The Morgan fingerprint density at radius 1 is 1.24 bits per heavy atom. The Bertz CT molecular complexity index is 1000. The topological polar surface area (TPSA) is 63.7 Å². The third-order valence-electron chi connectivity index (χ3n) is 4.96. The minimum absolute atomic E-state index is 0.194. The number of methoxy groups -OCH3 is 1. The van der Waals surface area contributed by atoms with Crippen molar-refractivity contribution >= 4 is 23.2 Å². The molecule has 4 rings (SSSR count). The van der Waals surface area contributed by atoms with Gasteiger partial charge in [-0.05, 0) is 42.7 Å². The van der Waals surface area contributed by atoms with Crippen LogP contribution in [0.15, 0.2) is 54.7 Å². The summed E-state index contributed by atoms with van der Waals surface area (Å²) in [5, 5.41) is 18.5. The fourth-order valence-corrected chi connectivity index (χ4v) is 3.55. The zero-order valence-corrected chi connectivity index (χ0v) is 17.2. The second-order valence-corrected chi connectivity index (χ2v) is 7.23. The molecule has 2 aromatic carbocycles. The second kappa shape index (κ2) is 9.25. The van der Waals surface area contributed by atoms with Crippen molar-refractivity contribution in [2.45, 2.75) is 24.6 Å². The molecule has 1 aromatic heterocycles. The van der Waals surface area contributed by atoms with Crippen LogP contribution in [0.5, 0.6) is 5.75 Å². The van der Waals surface area contributed by atoms with Gasteiger partial charge in [-0.3, -0.25) is 0 Å². The maximum absolute atomic E-state index is 15.1. The van der Waals surface area contributed by atoms with Crippen LogP contribution in [-0.4, -0.2) is 33.6 Å². The summed E-state index contributed by atoms with van der Waals surface area (Å²) < 4.78 is 21.6. The number of aromatic nitrogens is 3. The van der Waals surface area contributed by atoms with E-state index in [1.807, 2.05) is 42.5 Å². The van der Waals surface area contributed by atoms with E-state index in [1.54, 1.807) is 19.4 Å². The minimum Gasteiger partial charge on any atom is -0.497 e. The van der Waals surface area contributed by atoms with E-state index in [1.165, 1.54) is 4.68 Å². The van der Waals surface area contributed by atoms with Gasteiger partial charge in [0.1, 0.15) is 23.7 Å². The molecule has 5 nitrogen and oxygen atoms in total. The van der Waals surface area contributed by atoms with Gasteiger partial charge in [0.15, 0.2) is 0 Å². The van der Waals surface area contributed by atoms with Gasteiger partial charge in [-0.1, -0.05) is 29.5 Å². The number of nitriles is 1. The molecule has 0 radical (unpaired) electrons. The van der Waals surface area contributed by atoms with Crippen LogP contribution in [0, 0.1) is 11.3 Å². The summed E-state index contributed by atoms with van der Waals surface area (Å²) in [6.45, 7) is 0. The van der Waals surface area contributed by atoms with Crippen molar-refractivity contribution in [1.29, 1.82) is 5.26 Å². The van der Waals surface area contributed by atoms with E-state index >= 15 is 4.39 Å². The van der Waals surface area contributed by atoms with Crippen LogP contribution in [0.2, 0.25) is 0 Å². The first-order valence-electron chi connectivity index (χ1n) is 8.93. The van der Waals surface area contributed by atoms with Gasteiger partial charge < -0.3 is 4.74 Å². The van der Waals surface area contributed by atoms with E-state index in [4.69, 9.17) is 27.9 Å². The number of hydrogen-bond donors (Lipinski definition) is 0. The lowest BCUT2D eigenvalue weighted by molar-refractivity contribution is 0.163. The summed E-state index contributed by atoms with van der Waals surface area (Å²) in [4.78, 5) is 0. The third kappa shape index (κ3) is 3.93. The zero-order chi connectivity index (χ0) is 20.9. The van der Waals surface area contributed by atoms with Gasteiger partial charge in [-0.2, -0.15) is 5.26 Å². The number of ether oxygens (including phenoxy) is 1. The van der Waals surface area contributed by atoms with Crippen molar-refractivity contribution in [3.05, 3.63) is 65.9 Å². The molecular formula is C21H19Cl2FN4O. The average Bonchev–Trinajstić information content (AvgIpc) is 3.25. The molecule has 3 aromatic rings. The Hall–Kier alpha value is -2.62. The van der Waals surface area contributed by atoms with Gasteiger partial charge in [0.25, 0.3) is 0 Å². The molecule has 0 N–H and O–H groups in total. The van der Waals surface area contributed by atoms with Gasteiger partial charge >= 0.3 is 0 Å². The van der Waals surface area contributed by atoms with E-state index in [-0.39, 0.29) is 11.8 Å². The molecule has 1 heterocycles. The number of benzene rings is 2. The summed E-state index contributed by atoms with van der Waals surface area (Å²) in [6.07, 6.45) is 1.18. The fraction of sp³-hybridized carbons (Fsp3) is 0.286. The molecule has 0 saturated carbocycles. The lowest BCUT2D eigenvalue weighted by Crippen LogP contribution is -2.46. The van der Waals surface area contributed by atoms with Crippen LogP contribution in [0.3, 0.4) is 0 Å². The van der Waals surface area contributed by atoms with E-state index < -0.39 is 11.7 Å². The molecule has 29 heavy (non-hydrogen) atoms. The Kier molecular flexibility index (Phi) is 6.73. The maximum atomic E-state index is 15.1. The lowest BCUT2D eigenvalue weighted by Gasteiger charge is -2.35. The molecule has 0 bridgehead atoms. The number of halogens is 3.